The smallest absolute Gasteiger partial charge is 0.244 e. The van der Waals surface area contributed by atoms with Crippen LogP contribution in [0.5, 0.6) is 0 Å². The second kappa shape index (κ2) is 6.25. The van der Waals surface area contributed by atoms with Crippen LogP contribution in [0, 0.1) is 5.92 Å². The summed E-state index contributed by atoms with van der Waals surface area (Å²) in [7, 11) is 2.14. The van der Waals surface area contributed by atoms with E-state index < -0.39 is 0 Å². The molecular formula is C17H31N3O. The minimum atomic E-state index is -0.196. The van der Waals surface area contributed by atoms with Crippen LogP contribution in [0.1, 0.15) is 58.3 Å². The van der Waals surface area contributed by atoms with E-state index in [1.54, 1.807) is 0 Å². The molecule has 120 valence electrons. The zero-order valence-corrected chi connectivity index (χ0v) is 13.7. The highest BCUT2D eigenvalue weighted by molar-refractivity contribution is 5.89. The Morgan fingerprint density at radius 2 is 1.90 bits per heavy atom. The molecule has 1 atom stereocenters. The summed E-state index contributed by atoms with van der Waals surface area (Å²) >= 11 is 0. The van der Waals surface area contributed by atoms with Gasteiger partial charge in [-0.15, -0.1) is 0 Å². The summed E-state index contributed by atoms with van der Waals surface area (Å²) in [6.45, 7) is 5.11. The molecule has 1 unspecified atom stereocenters. The summed E-state index contributed by atoms with van der Waals surface area (Å²) in [6.07, 6.45) is 10.1. The molecule has 1 heterocycles. The van der Waals surface area contributed by atoms with E-state index in [4.69, 9.17) is 0 Å². The molecule has 0 aromatic carbocycles. The van der Waals surface area contributed by atoms with Crippen LogP contribution < -0.4 is 5.32 Å². The first-order chi connectivity index (χ1) is 10.2. The fraction of sp³-hybridized carbons (Fsp3) is 0.941. The van der Waals surface area contributed by atoms with Gasteiger partial charge in [0.2, 0.25) is 5.91 Å². The molecule has 1 aliphatic heterocycles. The van der Waals surface area contributed by atoms with Crippen molar-refractivity contribution in [3.8, 4) is 0 Å². The Kier molecular flexibility index (Phi) is 4.55. The number of amides is 1. The molecule has 3 rings (SSSR count). The topological polar surface area (TPSA) is 35.6 Å². The minimum absolute atomic E-state index is 0.196. The molecule has 21 heavy (non-hydrogen) atoms. The Morgan fingerprint density at radius 1 is 1.24 bits per heavy atom. The Bertz CT molecular complexity index is 372. The van der Waals surface area contributed by atoms with Gasteiger partial charge in [0.25, 0.3) is 0 Å². The first kappa shape index (κ1) is 15.3. The van der Waals surface area contributed by atoms with Crippen molar-refractivity contribution in [1.82, 2.24) is 15.1 Å². The lowest BCUT2D eigenvalue weighted by Crippen LogP contribution is -2.46. The molecule has 0 bridgehead atoms. The standard InChI is InChI=1S/C17H31N3O/c1-3-19(2)12-13-20-15(14-8-4-5-9-14)18-17(16(20)21)10-6-7-11-17/h14-15,18H,3-13H2,1-2H3. The van der Waals surface area contributed by atoms with E-state index in [1.807, 2.05) is 0 Å². The molecule has 3 fully saturated rings. The summed E-state index contributed by atoms with van der Waals surface area (Å²) in [4.78, 5) is 17.5. The molecule has 4 heteroatoms. The molecule has 3 aliphatic rings. The molecule has 0 aromatic heterocycles. The summed E-state index contributed by atoms with van der Waals surface area (Å²) in [5.74, 6) is 1.09. The lowest BCUT2D eigenvalue weighted by molar-refractivity contribution is -0.133. The van der Waals surface area contributed by atoms with Gasteiger partial charge in [-0.1, -0.05) is 32.6 Å². The maximum Gasteiger partial charge on any atom is 0.244 e. The van der Waals surface area contributed by atoms with Gasteiger partial charge in [0.15, 0.2) is 0 Å². The predicted octanol–water partition coefficient (Wildman–Crippen LogP) is 2.20. The van der Waals surface area contributed by atoms with Crippen LogP contribution in [0.2, 0.25) is 0 Å². The number of likely N-dealkylation sites (N-methyl/N-ethyl adjacent to an activating group) is 1. The molecule has 0 aromatic rings. The number of carbonyl (C=O) groups excluding carboxylic acids is 1. The van der Waals surface area contributed by atoms with Gasteiger partial charge in [0.1, 0.15) is 0 Å². The van der Waals surface area contributed by atoms with Crippen LogP contribution in [0.25, 0.3) is 0 Å². The summed E-state index contributed by atoms with van der Waals surface area (Å²) < 4.78 is 0. The van der Waals surface area contributed by atoms with Gasteiger partial charge in [0, 0.05) is 13.1 Å². The second-order valence-corrected chi connectivity index (χ2v) is 7.32. The van der Waals surface area contributed by atoms with E-state index in [9.17, 15) is 4.79 Å². The Hall–Kier alpha value is -0.610. The van der Waals surface area contributed by atoms with Crippen LogP contribution in [-0.2, 0) is 4.79 Å². The number of nitrogens with one attached hydrogen (secondary N) is 1. The third kappa shape index (κ3) is 2.85. The van der Waals surface area contributed by atoms with E-state index in [0.29, 0.717) is 18.0 Å². The Labute approximate surface area is 129 Å². The van der Waals surface area contributed by atoms with Crippen molar-refractivity contribution in [1.29, 1.82) is 0 Å². The van der Waals surface area contributed by atoms with Crippen molar-refractivity contribution in [3.63, 3.8) is 0 Å². The number of nitrogens with zero attached hydrogens (tertiary/aromatic N) is 2. The fourth-order valence-corrected chi connectivity index (χ4v) is 4.48. The lowest BCUT2D eigenvalue weighted by atomic mass is 9.97. The van der Waals surface area contributed by atoms with Gasteiger partial charge in [-0.3, -0.25) is 10.1 Å². The number of rotatable bonds is 5. The van der Waals surface area contributed by atoms with Crippen LogP contribution >= 0.6 is 0 Å². The number of hydrogen-bond donors (Lipinski definition) is 1. The fourth-order valence-electron chi connectivity index (χ4n) is 4.48. The van der Waals surface area contributed by atoms with E-state index in [1.165, 1.54) is 38.5 Å². The highest BCUT2D eigenvalue weighted by atomic mass is 16.2. The largest absolute Gasteiger partial charge is 0.324 e. The molecule has 0 radical (unpaired) electrons. The number of hydrogen-bond acceptors (Lipinski definition) is 3. The van der Waals surface area contributed by atoms with Gasteiger partial charge in [-0.2, -0.15) is 0 Å². The molecule has 2 saturated carbocycles. The Balaban J connectivity index is 1.73. The normalized spacial score (nSPS) is 29.4. The summed E-state index contributed by atoms with van der Waals surface area (Å²) in [6, 6.07) is 0. The van der Waals surface area contributed by atoms with E-state index in [2.05, 4.69) is 29.1 Å². The summed E-state index contributed by atoms with van der Waals surface area (Å²) in [5.41, 5.74) is -0.196. The molecule has 1 spiro atoms. The molecule has 1 amide bonds. The highest BCUT2D eigenvalue weighted by Crippen LogP contribution is 2.40. The maximum atomic E-state index is 13.0. The molecule has 2 aliphatic carbocycles. The van der Waals surface area contributed by atoms with Gasteiger partial charge < -0.3 is 9.80 Å². The Morgan fingerprint density at radius 3 is 2.52 bits per heavy atom. The van der Waals surface area contributed by atoms with Gasteiger partial charge in [0.05, 0.1) is 11.7 Å². The van der Waals surface area contributed by atoms with Crippen molar-refractivity contribution in [2.45, 2.75) is 70.0 Å². The van der Waals surface area contributed by atoms with Crippen molar-refractivity contribution >= 4 is 5.91 Å². The van der Waals surface area contributed by atoms with Gasteiger partial charge in [-0.05, 0) is 45.2 Å². The molecular weight excluding hydrogens is 262 g/mol. The number of carbonyl (C=O) groups is 1. The minimum Gasteiger partial charge on any atom is -0.324 e. The third-order valence-corrected chi connectivity index (χ3v) is 6.00. The van der Waals surface area contributed by atoms with Crippen molar-refractivity contribution < 1.29 is 4.79 Å². The highest BCUT2D eigenvalue weighted by Gasteiger charge is 2.53. The first-order valence-corrected chi connectivity index (χ1v) is 8.93. The van der Waals surface area contributed by atoms with Gasteiger partial charge >= 0.3 is 0 Å². The summed E-state index contributed by atoms with van der Waals surface area (Å²) in [5, 5.41) is 3.81. The zero-order chi connectivity index (χ0) is 14.9. The van der Waals surface area contributed by atoms with E-state index >= 15 is 0 Å². The monoisotopic (exact) mass is 293 g/mol. The van der Waals surface area contributed by atoms with Crippen LogP contribution in [0.3, 0.4) is 0 Å². The van der Waals surface area contributed by atoms with E-state index in [-0.39, 0.29) is 5.54 Å². The van der Waals surface area contributed by atoms with Crippen LogP contribution in [0.15, 0.2) is 0 Å². The van der Waals surface area contributed by atoms with Gasteiger partial charge in [-0.25, -0.2) is 0 Å². The van der Waals surface area contributed by atoms with Crippen molar-refractivity contribution in [3.05, 3.63) is 0 Å². The molecule has 1 N–H and O–H groups in total. The average molecular weight is 293 g/mol. The third-order valence-electron chi connectivity index (χ3n) is 6.00. The predicted molar refractivity (Wildman–Crippen MR) is 85.0 cm³/mol. The van der Waals surface area contributed by atoms with Crippen molar-refractivity contribution in [2.24, 2.45) is 5.92 Å². The van der Waals surface area contributed by atoms with Crippen molar-refractivity contribution in [2.75, 3.05) is 26.7 Å². The zero-order valence-electron chi connectivity index (χ0n) is 13.7. The quantitative estimate of drug-likeness (QED) is 0.844. The first-order valence-electron chi connectivity index (χ1n) is 8.93. The SMILES string of the molecule is CCN(C)CCN1C(=O)C2(CCCC2)NC1C1CCCC1. The average Bonchev–Trinajstić information content (AvgIpc) is 3.21. The van der Waals surface area contributed by atoms with Crippen LogP contribution in [0.4, 0.5) is 0 Å². The van der Waals surface area contributed by atoms with E-state index in [0.717, 1.165) is 32.5 Å². The second-order valence-electron chi connectivity index (χ2n) is 7.32. The maximum absolute atomic E-state index is 13.0. The van der Waals surface area contributed by atoms with Crippen LogP contribution in [-0.4, -0.2) is 54.1 Å². The lowest BCUT2D eigenvalue weighted by Gasteiger charge is -2.30. The molecule has 1 saturated heterocycles. The molecule has 4 nitrogen and oxygen atoms in total.